The Kier molecular flexibility index (Phi) is 21.1. The molecular weight excluding hydrogens is 136 g/mol. The van der Waals surface area contributed by atoms with Crippen molar-refractivity contribution in [3.8, 4) is 0 Å². The molecule has 0 aliphatic heterocycles. The Morgan fingerprint density at radius 2 is 2.12 bits per heavy atom. The average molecular weight is 144 g/mol. The van der Waals surface area contributed by atoms with E-state index >= 15 is 0 Å². The van der Waals surface area contributed by atoms with Crippen LogP contribution in [0.15, 0.2) is 0 Å². The van der Waals surface area contributed by atoms with Gasteiger partial charge in [0.15, 0.2) is 0 Å². The summed E-state index contributed by atoms with van der Waals surface area (Å²) >= 11 is 0. The quantitative estimate of drug-likeness (QED) is 0.204. The van der Waals surface area contributed by atoms with Crippen LogP contribution in [-0.4, -0.2) is 50.5 Å². The minimum Gasteiger partial charge on any atom is -0.824 e. The minimum atomic E-state index is -0.769. The van der Waals surface area contributed by atoms with E-state index < -0.39 is 12.8 Å². The Hall–Kier alpha value is 0.690. The van der Waals surface area contributed by atoms with Gasteiger partial charge in [0, 0.05) is 13.7 Å². The number of rotatable bonds is 1. The summed E-state index contributed by atoms with van der Waals surface area (Å²) < 4.78 is 3.85. The molecule has 0 atom stereocenters. The number of carbonyl (C=O) groups excluding carboxylic acids is 1. The number of carbonyl (C=O) groups is 1. The molecule has 0 radical (unpaired) electrons. The Morgan fingerprint density at radius 3 is 2.12 bits per heavy atom. The zero-order chi connectivity index (χ0) is 4.99. The van der Waals surface area contributed by atoms with Gasteiger partial charge in [-0.3, -0.25) is 4.79 Å². The molecule has 0 N–H and O–H groups in total. The van der Waals surface area contributed by atoms with Gasteiger partial charge in [0.25, 0.3) is 0 Å². The first-order valence-corrected chi connectivity index (χ1v) is 1.49. The van der Waals surface area contributed by atoms with Gasteiger partial charge in [-0.25, -0.2) is 0 Å². The first kappa shape index (κ1) is 15.9. The van der Waals surface area contributed by atoms with E-state index in [0.29, 0.717) is 0 Å². The molecule has 0 unspecified atom stereocenters. The van der Waals surface area contributed by atoms with Crippen LogP contribution >= 0.6 is 0 Å². The molecule has 0 aromatic carbocycles. The Labute approximate surface area is 79.0 Å². The summed E-state index contributed by atoms with van der Waals surface area (Å²) in [4.78, 5) is 9.62. The van der Waals surface area contributed by atoms with Crippen LogP contribution in [0.5, 0.6) is 0 Å². The third kappa shape index (κ3) is 15.9. The third-order valence-electron chi connectivity index (χ3n) is 0.262. The van der Waals surface area contributed by atoms with E-state index in [1.807, 2.05) is 0 Å². The van der Waals surface area contributed by atoms with Crippen molar-refractivity contribution in [2.45, 2.75) is 6.92 Å². The van der Waals surface area contributed by atoms with E-state index in [9.17, 15) is 9.90 Å². The smallest absolute Gasteiger partial charge is 0.824 e. The van der Waals surface area contributed by atoms with Crippen molar-refractivity contribution in [2.75, 3.05) is 6.79 Å². The van der Waals surface area contributed by atoms with Crippen LogP contribution in [0.4, 0.5) is 0 Å². The van der Waals surface area contributed by atoms with Gasteiger partial charge in [-0.1, -0.05) is 0 Å². The molecule has 0 saturated carbocycles. The van der Waals surface area contributed by atoms with Crippen LogP contribution in [-0.2, 0) is 9.53 Å². The summed E-state index contributed by atoms with van der Waals surface area (Å²) in [7, 11) is 0. The predicted octanol–water partition coefficient (Wildman–Crippen LogP) is -1.06. The Balaban J connectivity index is -0.000000125. The summed E-state index contributed by atoms with van der Waals surface area (Å²) in [5.41, 5.74) is 0. The predicted molar refractivity (Wildman–Crippen MR) is 28.8 cm³/mol. The number of ether oxygens (including phenoxy) is 1. The maximum atomic E-state index is 9.62. The molecule has 0 aliphatic carbocycles. The van der Waals surface area contributed by atoms with E-state index in [2.05, 4.69) is 4.74 Å². The SMILES string of the molecule is CC(=O)OC[O-].[CH3-].[Ca+2]. The van der Waals surface area contributed by atoms with Crippen LogP contribution in [0.3, 0.4) is 0 Å². The van der Waals surface area contributed by atoms with Crippen LogP contribution in [0, 0.1) is 7.43 Å². The molecule has 0 spiro atoms. The zero-order valence-corrected chi connectivity index (χ0v) is 7.35. The van der Waals surface area contributed by atoms with Gasteiger partial charge in [0.05, 0.1) is 0 Å². The monoisotopic (exact) mass is 144 g/mol. The first-order chi connectivity index (χ1) is 2.77. The minimum absolute atomic E-state index is 0. The summed E-state index contributed by atoms with van der Waals surface area (Å²) in [5, 5.41) is 9.30. The first-order valence-electron chi connectivity index (χ1n) is 1.49. The molecule has 0 saturated heterocycles. The Morgan fingerprint density at radius 1 is 1.75 bits per heavy atom. The fraction of sp³-hybridized carbons (Fsp3) is 0.500. The molecule has 4 heteroatoms. The van der Waals surface area contributed by atoms with E-state index in [-0.39, 0.29) is 45.2 Å². The second-order valence-electron chi connectivity index (χ2n) is 0.754. The summed E-state index contributed by atoms with van der Waals surface area (Å²) in [6.45, 7) is 0.424. The molecule has 3 nitrogen and oxygen atoms in total. The molecule has 0 amide bonds. The largest absolute Gasteiger partial charge is 2.00 e. The molecule has 0 aromatic heterocycles. The number of esters is 1. The summed E-state index contributed by atoms with van der Waals surface area (Å²) in [6, 6.07) is 0. The average Bonchev–Trinajstić information content (AvgIpc) is 1.35. The third-order valence-corrected chi connectivity index (χ3v) is 0.262. The van der Waals surface area contributed by atoms with Gasteiger partial charge in [0.1, 0.15) is 0 Å². The molecular formula is C4H8CaO3. The Bertz CT molecular complexity index is 55.2. The molecule has 44 valence electrons. The van der Waals surface area contributed by atoms with Crippen LogP contribution in [0.2, 0.25) is 0 Å². The molecule has 8 heavy (non-hydrogen) atoms. The van der Waals surface area contributed by atoms with E-state index in [1.54, 1.807) is 0 Å². The number of hydrogen-bond acceptors (Lipinski definition) is 3. The summed E-state index contributed by atoms with van der Waals surface area (Å²) in [5.74, 6) is -0.523. The maximum absolute atomic E-state index is 9.62. The van der Waals surface area contributed by atoms with Crippen molar-refractivity contribution in [1.82, 2.24) is 0 Å². The van der Waals surface area contributed by atoms with E-state index in [0.717, 1.165) is 0 Å². The fourth-order valence-corrected chi connectivity index (χ4v) is 0.0830. The second-order valence-corrected chi connectivity index (χ2v) is 0.754. The zero-order valence-electron chi connectivity index (χ0n) is 5.14. The molecule has 0 fully saturated rings. The van der Waals surface area contributed by atoms with Crippen molar-refractivity contribution in [3.63, 3.8) is 0 Å². The van der Waals surface area contributed by atoms with E-state index in [1.165, 1.54) is 6.92 Å². The van der Waals surface area contributed by atoms with Gasteiger partial charge in [-0.2, -0.15) is 0 Å². The molecule has 0 bridgehead atoms. The van der Waals surface area contributed by atoms with Gasteiger partial charge in [-0.15, -0.1) is 0 Å². The van der Waals surface area contributed by atoms with Crippen molar-refractivity contribution < 1.29 is 14.6 Å². The summed E-state index contributed by atoms with van der Waals surface area (Å²) in [6.07, 6.45) is 0. The number of hydrogen-bond donors (Lipinski definition) is 0. The van der Waals surface area contributed by atoms with Gasteiger partial charge < -0.3 is 17.3 Å². The second kappa shape index (κ2) is 10.6. The fourth-order valence-electron chi connectivity index (χ4n) is 0.0830. The maximum Gasteiger partial charge on any atom is 2.00 e. The van der Waals surface area contributed by atoms with Gasteiger partial charge >= 0.3 is 43.7 Å². The van der Waals surface area contributed by atoms with Crippen molar-refractivity contribution in [3.05, 3.63) is 7.43 Å². The molecule has 0 rings (SSSR count). The molecule has 0 aromatic rings. The van der Waals surface area contributed by atoms with Gasteiger partial charge in [-0.05, 0) is 0 Å². The standard InChI is InChI=1S/C3H5O3.CH3.Ca/c1-3(5)6-2-4;;/h2H2,1H3;1H3;/q2*-1;+2. The molecule has 0 heterocycles. The van der Waals surface area contributed by atoms with Crippen molar-refractivity contribution in [1.29, 1.82) is 0 Å². The topological polar surface area (TPSA) is 49.4 Å². The van der Waals surface area contributed by atoms with Crippen molar-refractivity contribution >= 4 is 43.7 Å². The van der Waals surface area contributed by atoms with Crippen LogP contribution < -0.4 is 5.11 Å². The normalized spacial score (nSPS) is 5.75. The van der Waals surface area contributed by atoms with Crippen LogP contribution in [0.25, 0.3) is 0 Å². The molecule has 0 aliphatic rings. The van der Waals surface area contributed by atoms with Crippen molar-refractivity contribution in [2.24, 2.45) is 0 Å². The van der Waals surface area contributed by atoms with E-state index in [4.69, 9.17) is 0 Å². The van der Waals surface area contributed by atoms with Gasteiger partial charge in [0.2, 0.25) is 0 Å². The van der Waals surface area contributed by atoms with Crippen LogP contribution in [0.1, 0.15) is 6.92 Å².